The number of nitrogens with zero attached hydrogens (tertiary/aromatic N) is 1. The molecular formula is C14H22N2O2. The number of hydrogen-bond acceptors (Lipinski definition) is 3. The van der Waals surface area contributed by atoms with Crippen LogP contribution in [0.25, 0.3) is 0 Å². The van der Waals surface area contributed by atoms with Gasteiger partial charge in [-0.2, -0.15) is 0 Å². The number of benzene rings is 1. The molecule has 0 saturated heterocycles. The summed E-state index contributed by atoms with van der Waals surface area (Å²) in [6.07, 6.45) is 0.146. The molecule has 0 heterocycles. The number of carbonyl (C=O) groups is 1. The van der Waals surface area contributed by atoms with Gasteiger partial charge in [-0.05, 0) is 38.5 Å². The highest BCUT2D eigenvalue weighted by atomic mass is 16.3. The van der Waals surface area contributed by atoms with E-state index in [9.17, 15) is 9.90 Å². The average Bonchev–Trinajstić information content (AvgIpc) is 2.27. The van der Waals surface area contributed by atoms with Gasteiger partial charge in [-0.25, -0.2) is 0 Å². The van der Waals surface area contributed by atoms with Crippen LogP contribution in [-0.2, 0) is 0 Å². The Balaban J connectivity index is 2.69. The van der Waals surface area contributed by atoms with Crippen molar-refractivity contribution in [3.05, 3.63) is 29.8 Å². The molecule has 0 saturated carbocycles. The first-order valence-electron chi connectivity index (χ1n) is 6.16. The number of nitrogens with one attached hydrogen (secondary N) is 1. The van der Waals surface area contributed by atoms with E-state index < -0.39 is 6.10 Å². The lowest BCUT2D eigenvalue weighted by Crippen LogP contribution is -2.34. The maximum absolute atomic E-state index is 12.0. The number of anilines is 1. The van der Waals surface area contributed by atoms with Crippen molar-refractivity contribution in [2.75, 3.05) is 19.0 Å². The van der Waals surface area contributed by atoms with Crippen molar-refractivity contribution in [1.82, 2.24) is 5.32 Å². The largest absolute Gasteiger partial charge is 0.393 e. The number of aliphatic hydroxyl groups is 1. The van der Waals surface area contributed by atoms with Crippen molar-refractivity contribution in [2.45, 2.75) is 32.4 Å². The third-order valence-electron chi connectivity index (χ3n) is 2.70. The molecule has 0 aliphatic heterocycles. The fourth-order valence-electron chi connectivity index (χ4n) is 1.80. The molecule has 0 fully saturated rings. The Labute approximate surface area is 109 Å². The quantitative estimate of drug-likeness (QED) is 0.835. The van der Waals surface area contributed by atoms with Crippen LogP contribution in [-0.4, -0.2) is 37.3 Å². The van der Waals surface area contributed by atoms with E-state index in [0.717, 1.165) is 5.69 Å². The zero-order chi connectivity index (χ0) is 13.7. The van der Waals surface area contributed by atoms with Gasteiger partial charge in [0, 0.05) is 31.4 Å². The minimum Gasteiger partial charge on any atom is -0.393 e. The van der Waals surface area contributed by atoms with E-state index in [1.807, 2.05) is 44.1 Å². The van der Waals surface area contributed by atoms with Gasteiger partial charge in [0.1, 0.15) is 0 Å². The summed E-state index contributed by atoms with van der Waals surface area (Å²) in [6, 6.07) is 7.42. The molecule has 1 rings (SSSR count). The van der Waals surface area contributed by atoms with Crippen LogP contribution in [0.2, 0.25) is 0 Å². The van der Waals surface area contributed by atoms with E-state index in [-0.39, 0.29) is 11.9 Å². The molecule has 100 valence electrons. The standard InChI is InChI=1S/C14H22N2O2/c1-10(8-11(2)17)15-14(18)12-6-5-7-13(9-12)16(3)4/h5-7,9-11,17H,8H2,1-4H3,(H,15,18). The predicted molar refractivity (Wildman–Crippen MR) is 74.0 cm³/mol. The molecule has 4 nitrogen and oxygen atoms in total. The predicted octanol–water partition coefficient (Wildman–Crippen LogP) is 1.64. The monoisotopic (exact) mass is 250 g/mol. The lowest BCUT2D eigenvalue weighted by atomic mass is 10.1. The molecule has 0 spiro atoms. The first-order valence-corrected chi connectivity index (χ1v) is 6.16. The summed E-state index contributed by atoms with van der Waals surface area (Å²) in [4.78, 5) is 14.0. The molecule has 0 aromatic heterocycles. The van der Waals surface area contributed by atoms with Crippen LogP contribution < -0.4 is 10.2 Å². The zero-order valence-electron chi connectivity index (χ0n) is 11.5. The second kappa shape index (κ2) is 6.40. The van der Waals surface area contributed by atoms with Gasteiger partial charge in [0.15, 0.2) is 0 Å². The van der Waals surface area contributed by atoms with Gasteiger partial charge in [0.2, 0.25) is 0 Å². The van der Waals surface area contributed by atoms with E-state index >= 15 is 0 Å². The Morgan fingerprint density at radius 3 is 2.61 bits per heavy atom. The topological polar surface area (TPSA) is 52.6 Å². The molecule has 4 heteroatoms. The Hall–Kier alpha value is -1.55. The molecule has 2 N–H and O–H groups in total. The van der Waals surface area contributed by atoms with Crippen LogP contribution >= 0.6 is 0 Å². The van der Waals surface area contributed by atoms with Gasteiger partial charge in [-0.15, -0.1) is 0 Å². The van der Waals surface area contributed by atoms with E-state index in [1.54, 1.807) is 13.0 Å². The molecular weight excluding hydrogens is 228 g/mol. The van der Waals surface area contributed by atoms with Crippen LogP contribution in [0.1, 0.15) is 30.6 Å². The molecule has 2 atom stereocenters. The summed E-state index contributed by atoms with van der Waals surface area (Å²) >= 11 is 0. The lowest BCUT2D eigenvalue weighted by Gasteiger charge is -2.17. The number of rotatable bonds is 5. The molecule has 18 heavy (non-hydrogen) atoms. The van der Waals surface area contributed by atoms with E-state index in [4.69, 9.17) is 0 Å². The lowest BCUT2D eigenvalue weighted by molar-refractivity contribution is 0.0923. The Morgan fingerprint density at radius 2 is 2.06 bits per heavy atom. The summed E-state index contributed by atoms with van der Waals surface area (Å²) in [7, 11) is 3.88. The highest BCUT2D eigenvalue weighted by Crippen LogP contribution is 2.13. The third kappa shape index (κ3) is 4.37. The number of amides is 1. The highest BCUT2D eigenvalue weighted by molar-refractivity contribution is 5.95. The molecule has 1 aromatic carbocycles. The fraction of sp³-hybridized carbons (Fsp3) is 0.500. The van der Waals surface area contributed by atoms with Crippen molar-refractivity contribution in [3.63, 3.8) is 0 Å². The summed E-state index contributed by atoms with van der Waals surface area (Å²) in [5.74, 6) is -0.105. The van der Waals surface area contributed by atoms with Crippen LogP contribution in [0.3, 0.4) is 0 Å². The molecule has 0 aliphatic rings. The Morgan fingerprint density at radius 1 is 1.39 bits per heavy atom. The highest BCUT2D eigenvalue weighted by Gasteiger charge is 2.12. The van der Waals surface area contributed by atoms with Crippen LogP contribution in [0, 0.1) is 0 Å². The Kier molecular flexibility index (Phi) is 5.16. The number of hydrogen-bond donors (Lipinski definition) is 2. The van der Waals surface area contributed by atoms with Crippen molar-refractivity contribution in [2.24, 2.45) is 0 Å². The van der Waals surface area contributed by atoms with Crippen LogP contribution in [0.4, 0.5) is 5.69 Å². The molecule has 1 aromatic rings. The van der Waals surface area contributed by atoms with Gasteiger partial charge in [-0.3, -0.25) is 4.79 Å². The molecule has 1 amide bonds. The van der Waals surface area contributed by atoms with Crippen molar-refractivity contribution in [1.29, 1.82) is 0 Å². The maximum Gasteiger partial charge on any atom is 0.251 e. The second-order valence-electron chi connectivity index (χ2n) is 4.90. The average molecular weight is 250 g/mol. The van der Waals surface area contributed by atoms with Crippen molar-refractivity contribution in [3.8, 4) is 0 Å². The van der Waals surface area contributed by atoms with E-state index in [2.05, 4.69) is 5.32 Å². The minimum atomic E-state index is -0.409. The van der Waals surface area contributed by atoms with Crippen molar-refractivity contribution >= 4 is 11.6 Å². The van der Waals surface area contributed by atoms with Crippen molar-refractivity contribution < 1.29 is 9.90 Å². The molecule has 0 bridgehead atoms. The first-order chi connectivity index (χ1) is 8.40. The number of carbonyl (C=O) groups excluding carboxylic acids is 1. The first kappa shape index (κ1) is 14.5. The normalized spacial score (nSPS) is 13.8. The minimum absolute atomic E-state index is 0.0412. The zero-order valence-corrected chi connectivity index (χ0v) is 11.5. The summed E-state index contributed by atoms with van der Waals surface area (Å²) in [5, 5.41) is 12.1. The van der Waals surface area contributed by atoms with Gasteiger partial charge < -0.3 is 15.3 Å². The summed E-state index contributed by atoms with van der Waals surface area (Å²) < 4.78 is 0. The van der Waals surface area contributed by atoms with Crippen LogP contribution in [0.5, 0.6) is 0 Å². The maximum atomic E-state index is 12.0. The molecule has 2 unspecified atom stereocenters. The molecule has 0 radical (unpaired) electrons. The van der Waals surface area contributed by atoms with Gasteiger partial charge >= 0.3 is 0 Å². The SMILES string of the molecule is CC(O)CC(C)NC(=O)c1cccc(N(C)C)c1. The Bertz CT molecular complexity index is 403. The fourth-order valence-corrected chi connectivity index (χ4v) is 1.80. The third-order valence-corrected chi connectivity index (χ3v) is 2.70. The van der Waals surface area contributed by atoms with Gasteiger partial charge in [0.25, 0.3) is 5.91 Å². The summed E-state index contributed by atoms with van der Waals surface area (Å²) in [5.41, 5.74) is 1.63. The summed E-state index contributed by atoms with van der Waals surface area (Å²) in [6.45, 7) is 3.61. The number of aliphatic hydroxyl groups excluding tert-OH is 1. The smallest absolute Gasteiger partial charge is 0.251 e. The van der Waals surface area contributed by atoms with Gasteiger partial charge in [-0.1, -0.05) is 6.07 Å². The van der Waals surface area contributed by atoms with E-state index in [1.165, 1.54) is 0 Å². The van der Waals surface area contributed by atoms with E-state index in [0.29, 0.717) is 12.0 Å². The second-order valence-corrected chi connectivity index (χ2v) is 4.90. The van der Waals surface area contributed by atoms with Gasteiger partial charge in [0.05, 0.1) is 6.10 Å². The molecule has 0 aliphatic carbocycles. The van der Waals surface area contributed by atoms with Crippen LogP contribution in [0.15, 0.2) is 24.3 Å².